The summed E-state index contributed by atoms with van der Waals surface area (Å²) in [6, 6.07) is 3.69. The molecule has 0 saturated carbocycles. The Hall–Kier alpha value is -1.80. The maximum atomic E-state index is 12.1. The zero-order chi connectivity index (χ0) is 16.0. The van der Waals surface area contributed by atoms with Gasteiger partial charge >= 0.3 is 5.69 Å². The van der Waals surface area contributed by atoms with Crippen LogP contribution in [0.25, 0.3) is 0 Å². The van der Waals surface area contributed by atoms with Crippen molar-refractivity contribution in [3.05, 3.63) is 33.9 Å². The minimum absolute atomic E-state index is 0.0314. The molecule has 0 aliphatic carbocycles. The number of aliphatic hydroxyl groups is 1. The predicted molar refractivity (Wildman–Crippen MR) is 81.0 cm³/mol. The number of aliphatic hydroxyl groups excluding tert-OH is 1. The Kier molecular flexibility index (Phi) is 6.44. The van der Waals surface area contributed by atoms with E-state index in [9.17, 15) is 20.0 Å². The van der Waals surface area contributed by atoms with Crippen molar-refractivity contribution in [1.82, 2.24) is 5.32 Å². The van der Waals surface area contributed by atoms with Gasteiger partial charge in [-0.05, 0) is 19.2 Å². The van der Waals surface area contributed by atoms with E-state index in [2.05, 4.69) is 5.32 Å². The van der Waals surface area contributed by atoms with Gasteiger partial charge < -0.3 is 15.2 Å². The third-order valence-corrected chi connectivity index (χ3v) is 4.20. The average molecular weight is 314 g/mol. The quantitative estimate of drug-likeness (QED) is 0.583. The molecule has 0 bridgehead atoms. The van der Waals surface area contributed by atoms with Gasteiger partial charge in [0.2, 0.25) is 0 Å². The maximum absolute atomic E-state index is 12.1. The summed E-state index contributed by atoms with van der Waals surface area (Å²) in [4.78, 5) is 22.3. The van der Waals surface area contributed by atoms with E-state index in [-0.39, 0.29) is 40.8 Å². The van der Waals surface area contributed by atoms with Crippen LogP contribution in [-0.4, -0.2) is 47.2 Å². The second-order valence-corrected chi connectivity index (χ2v) is 5.44. The van der Waals surface area contributed by atoms with Crippen LogP contribution < -0.4 is 10.1 Å². The molecule has 1 aromatic rings. The topological polar surface area (TPSA) is 102 Å². The van der Waals surface area contributed by atoms with Crippen LogP contribution >= 0.6 is 11.8 Å². The summed E-state index contributed by atoms with van der Waals surface area (Å²) < 4.78 is 4.93. The van der Waals surface area contributed by atoms with Gasteiger partial charge in [0.05, 0.1) is 18.6 Å². The number of carbonyl (C=O) groups excluding carboxylic acids is 1. The number of nitrogens with zero attached hydrogens (tertiary/aromatic N) is 1. The van der Waals surface area contributed by atoms with E-state index in [1.807, 2.05) is 6.26 Å². The number of hydrogen-bond acceptors (Lipinski definition) is 6. The summed E-state index contributed by atoms with van der Waals surface area (Å²) in [5.74, 6) is -0.341. The molecule has 0 aliphatic rings. The third kappa shape index (κ3) is 4.33. The van der Waals surface area contributed by atoms with Crippen molar-refractivity contribution in [2.75, 3.05) is 20.0 Å². The van der Waals surface area contributed by atoms with Gasteiger partial charge in [0, 0.05) is 29.0 Å². The van der Waals surface area contributed by atoms with E-state index in [4.69, 9.17) is 4.74 Å². The molecule has 116 valence electrons. The molecule has 0 radical (unpaired) electrons. The highest BCUT2D eigenvalue weighted by molar-refractivity contribution is 7.99. The summed E-state index contributed by atoms with van der Waals surface area (Å²) in [7, 11) is 1.31. The SMILES string of the molecule is COc1cc(C(=O)NC(C)C(CO)SC)ccc1[N+](=O)[O-]. The Bertz CT molecular complexity index is 519. The number of rotatable bonds is 7. The number of nitrogens with one attached hydrogen (secondary N) is 1. The number of nitro groups is 1. The van der Waals surface area contributed by atoms with Crippen molar-refractivity contribution in [3.63, 3.8) is 0 Å². The Morgan fingerprint density at radius 2 is 2.24 bits per heavy atom. The van der Waals surface area contributed by atoms with Crippen LogP contribution in [0.15, 0.2) is 18.2 Å². The fraction of sp³-hybridized carbons (Fsp3) is 0.462. The number of benzene rings is 1. The van der Waals surface area contributed by atoms with E-state index < -0.39 is 4.92 Å². The Labute approximate surface area is 126 Å². The first-order valence-electron chi connectivity index (χ1n) is 6.21. The molecule has 0 heterocycles. The molecule has 1 aromatic carbocycles. The van der Waals surface area contributed by atoms with E-state index in [1.165, 1.54) is 37.1 Å². The molecule has 0 aromatic heterocycles. The largest absolute Gasteiger partial charge is 0.490 e. The molecule has 0 fully saturated rings. The number of carbonyl (C=O) groups is 1. The number of amides is 1. The van der Waals surface area contributed by atoms with Gasteiger partial charge in [-0.15, -0.1) is 0 Å². The van der Waals surface area contributed by atoms with Gasteiger partial charge in [-0.3, -0.25) is 14.9 Å². The van der Waals surface area contributed by atoms with Gasteiger partial charge in [0.1, 0.15) is 0 Å². The standard InChI is InChI=1S/C13H18N2O5S/c1-8(12(7-16)21-3)14-13(17)9-4-5-10(15(18)19)11(6-9)20-2/h4-6,8,12,16H,7H2,1-3H3,(H,14,17). The fourth-order valence-electron chi connectivity index (χ4n) is 1.79. The predicted octanol–water partition coefficient (Wildman–Crippen LogP) is 1.45. The average Bonchev–Trinajstić information content (AvgIpc) is 2.47. The molecule has 0 spiro atoms. The fourth-order valence-corrected chi connectivity index (χ4v) is 2.41. The van der Waals surface area contributed by atoms with Gasteiger partial charge in [-0.1, -0.05) is 0 Å². The minimum atomic E-state index is -0.571. The first-order chi connectivity index (χ1) is 9.94. The first kappa shape index (κ1) is 17.3. The molecule has 2 atom stereocenters. The normalized spacial score (nSPS) is 13.3. The molecule has 21 heavy (non-hydrogen) atoms. The van der Waals surface area contributed by atoms with Crippen molar-refractivity contribution >= 4 is 23.4 Å². The Morgan fingerprint density at radius 1 is 1.57 bits per heavy atom. The lowest BCUT2D eigenvalue weighted by Gasteiger charge is -2.21. The molecule has 0 saturated heterocycles. The molecular weight excluding hydrogens is 296 g/mol. The van der Waals surface area contributed by atoms with Crippen molar-refractivity contribution in [2.45, 2.75) is 18.2 Å². The second-order valence-electron chi connectivity index (χ2n) is 4.36. The summed E-state index contributed by atoms with van der Waals surface area (Å²) in [5.41, 5.74) is 0.0709. The summed E-state index contributed by atoms with van der Waals surface area (Å²) >= 11 is 1.45. The lowest BCUT2D eigenvalue weighted by Crippen LogP contribution is -2.41. The number of hydrogen-bond donors (Lipinski definition) is 2. The monoisotopic (exact) mass is 314 g/mol. The maximum Gasteiger partial charge on any atom is 0.310 e. The first-order valence-corrected chi connectivity index (χ1v) is 7.50. The number of ether oxygens (including phenoxy) is 1. The van der Waals surface area contributed by atoms with E-state index in [1.54, 1.807) is 6.92 Å². The van der Waals surface area contributed by atoms with Crippen molar-refractivity contribution < 1.29 is 19.6 Å². The highest BCUT2D eigenvalue weighted by Gasteiger charge is 2.21. The highest BCUT2D eigenvalue weighted by atomic mass is 32.2. The zero-order valence-electron chi connectivity index (χ0n) is 12.0. The van der Waals surface area contributed by atoms with Gasteiger partial charge in [-0.2, -0.15) is 11.8 Å². The van der Waals surface area contributed by atoms with Crippen molar-refractivity contribution in [1.29, 1.82) is 0 Å². The molecule has 1 rings (SSSR count). The molecule has 1 amide bonds. The van der Waals surface area contributed by atoms with Crippen molar-refractivity contribution in [3.8, 4) is 5.75 Å². The smallest absolute Gasteiger partial charge is 0.310 e. The lowest BCUT2D eigenvalue weighted by molar-refractivity contribution is -0.385. The summed E-state index contributed by atoms with van der Waals surface area (Å²) in [6.07, 6.45) is 1.85. The van der Waals surface area contributed by atoms with Gasteiger partial charge in [-0.25, -0.2) is 0 Å². The van der Waals surface area contributed by atoms with Crippen LogP contribution in [0, 0.1) is 10.1 Å². The minimum Gasteiger partial charge on any atom is -0.490 e. The number of methoxy groups -OCH3 is 1. The molecule has 2 unspecified atom stereocenters. The van der Waals surface area contributed by atoms with Crippen LogP contribution in [0.2, 0.25) is 0 Å². The molecule has 8 heteroatoms. The van der Waals surface area contributed by atoms with Crippen LogP contribution in [-0.2, 0) is 0 Å². The molecule has 7 nitrogen and oxygen atoms in total. The lowest BCUT2D eigenvalue weighted by atomic mass is 10.1. The van der Waals surface area contributed by atoms with E-state index >= 15 is 0 Å². The highest BCUT2D eigenvalue weighted by Crippen LogP contribution is 2.27. The van der Waals surface area contributed by atoms with Gasteiger partial charge in [0.15, 0.2) is 5.75 Å². The van der Waals surface area contributed by atoms with Gasteiger partial charge in [0.25, 0.3) is 5.91 Å². The van der Waals surface area contributed by atoms with Crippen LogP contribution in [0.4, 0.5) is 5.69 Å². The van der Waals surface area contributed by atoms with Crippen molar-refractivity contribution in [2.24, 2.45) is 0 Å². The Balaban J connectivity index is 2.91. The van der Waals surface area contributed by atoms with Crippen LogP contribution in [0.3, 0.4) is 0 Å². The zero-order valence-corrected chi connectivity index (χ0v) is 12.8. The van der Waals surface area contributed by atoms with Crippen LogP contribution in [0.1, 0.15) is 17.3 Å². The summed E-state index contributed by atoms with van der Waals surface area (Å²) in [6.45, 7) is 1.74. The van der Waals surface area contributed by atoms with E-state index in [0.717, 1.165) is 0 Å². The van der Waals surface area contributed by atoms with E-state index in [0.29, 0.717) is 0 Å². The molecular formula is C13H18N2O5S. The summed E-state index contributed by atoms with van der Waals surface area (Å²) in [5, 5.41) is 22.6. The molecule has 2 N–H and O–H groups in total. The Morgan fingerprint density at radius 3 is 2.71 bits per heavy atom. The van der Waals surface area contributed by atoms with Crippen LogP contribution in [0.5, 0.6) is 5.75 Å². The molecule has 0 aliphatic heterocycles. The third-order valence-electron chi connectivity index (χ3n) is 3.04. The second kappa shape index (κ2) is 7.84. The number of thioether (sulfide) groups is 1. The number of nitro benzene ring substituents is 1.